The number of nitrogens with two attached hydrogens (primary N) is 1. The Hall–Kier alpha value is -1.95. The molecule has 0 spiro atoms. The molecule has 0 unspecified atom stereocenters. The summed E-state index contributed by atoms with van der Waals surface area (Å²) in [5.74, 6) is 0.594. The first-order valence-electron chi connectivity index (χ1n) is 4.91. The molecule has 2 rings (SSSR count). The average Bonchev–Trinajstić information content (AvgIpc) is 2.77. The summed E-state index contributed by atoms with van der Waals surface area (Å²) in [6.45, 7) is 0.954. The van der Waals surface area contributed by atoms with Crippen LogP contribution in [0.2, 0.25) is 0 Å². The molecule has 6 heteroatoms. The molecule has 2 aromatic heterocycles. The normalized spacial score (nSPS) is 10.4. The highest BCUT2D eigenvalue weighted by molar-refractivity contribution is 5.15. The van der Waals surface area contributed by atoms with Crippen molar-refractivity contribution in [2.45, 2.75) is 13.1 Å². The first-order valence-corrected chi connectivity index (χ1v) is 4.91. The van der Waals surface area contributed by atoms with Gasteiger partial charge in [0.2, 0.25) is 5.88 Å². The van der Waals surface area contributed by atoms with E-state index in [1.807, 2.05) is 12.1 Å². The molecule has 16 heavy (non-hydrogen) atoms. The number of methoxy groups -OCH3 is 1. The van der Waals surface area contributed by atoms with Crippen LogP contribution in [0.3, 0.4) is 0 Å². The smallest absolute Gasteiger partial charge is 0.213 e. The molecule has 0 aromatic carbocycles. The second-order valence-electron chi connectivity index (χ2n) is 3.28. The highest BCUT2D eigenvalue weighted by Gasteiger charge is 2.02. The van der Waals surface area contributed by atoms with E-state index in [-0.39, 0.29) is 0 Å². The summed E-state index contributed by atoms with van der Waals surface area (Å²) < 4.78 is 6.74. The molecule has 0 aliphatic carbocycles. The highest BCUT2D eigenvalue weighted by atomic mass is 16.5. The van der Waals surface area contributed by atoms with Crippen molar-refractivity contribution in [3.05, 3.63) is 35.8 Å². The van der Waals surface area contributed by atoms with Crippen LogP contribution < -0.4 is 10.5 Å². The Kier molecular flexibility index (Phi) is 3.11. The van der Waals surface area contributed by atoms with E-state index >= 15 is 0 Å². The number of ether oxygens (including phenoxy) is 1. The highest BCUT2D eigenvalue weighted by Crippen LogP contribution is 2.07. The molecule has 84 valence electrons. The van der Waals surface area contributed by atoms with E-state index in [0.29, 0.717) is 19.0 Å². The van der Waals surface area contributed by atoms with E-state index in [1.165, 1.54) is 0 Å². The van der Waals surface area contributed by atoms with Crippen LogP contribution in [0.1, 0.15) is 11.4 Å². The molecular weight excluding hydrogens is 206 g/mol. The summed E-state index contributed by atoms with van der Waals surface area (Å²) in [6, 6.07) is 5.60. The number of nitrogens with zero attached hydrogens (tertiary/aromatic N) is 4. The summed E-state index contributed by atoms with van der Waals surface area (Å²) in [5.41, 5.74) is 7.09. The molecule has 6 nitrogen and oxygen atoms in total. The van der Waals surface area contributed by atoms with E-state index in [9.17, 15) is 0 Å². The Labute approximate surface area is 93.1 Å². The Morgan fingerprint density at radius 1 is 1.38 bits per heavy atom. The molecule has 0 aliphatic rings. The van der Waals surface area contributed by atoms with Gasteiger partial charge in [-0.2, -0.15) is 0 Å². The fourth-order valence-electron chi connectivity index (χ4n) is 1.33. The number of aromatic nitrogens is 4. The number of hydrogen-bond donors (Lipinski definition) is 1. The zero-order valence-corrected chi connectivity index (χ0v) is 9.00. The van der Waals surface area contributed by atoms with Crippen LogP contribution in [0.25, 0.3) is 0 Å². The fraction of sp³-hybridized carbons (Fsp3) is 0.300. The Balaban J connectivity index is 2.13. The van der Waals surface area contributed by atoms with Crippen LogP contribution in [0, 0.1) is 0 Å². The van der Waals surface area contributed by atoms with Gasteiger partial charge in [-0.1, -0.05) is 11.3 Å². The van der Waals surface area contributed by atoms with Crippen molar-refractivity contribution < 1.29 is 4.74 Å². The summed E-state index contributed by atoms with van der Waals surface area (Å²) in [5, 5.41) is 7.85. The van der Waals surface area contributed by atoms with Gasteiger partial charge in [0, 0.05) is 12.6 Å². The van der Waals surface area contributed by atoms with E-state index in [1.54, 1.807) is 24.1 Å². The van der Waals surface area contributed by atoms with Gasteiger partial charge in [0.15, 0.2) is 0 Å². The van der Waals surface area contributed by atoms with Crippen molar-refractivity contribution in [1.29, 1.82) is 0 Å². The van der Waals surface area contributed by atoms with Gasteiger partial charge in [-0.3, -0.25) is 0 Å². The minimum absolute atomic E-state index is 0.394. The maximum Gasteiger partial charge on any atom is 0.213 e. The van der Waals surface area contributed by atoms with Gasteiger partial charge in [-0.15, -0.1) is 5.10 Å². The van der Waals surface area contributed by atoms with Crippen molar-refractivity contribution in [2.24, 2.45) is 5.73 Å². The van der Waals surface area contributed by atoms with Gasteiger partial charge in [0.25, 0.3) is 0 Å². The van der Waals surface area contributed by atoms with Gasteiger partial charge in [-0.25, -0.2) is 9.67 Å². The van der Waals surface area contributed by atoms with Crippen molar-refractivity contribution >= 4 is 0 Å². The topological polar surface area (TPSA) is 78.9 Å². The van der Waals surface area contributed by atoms with Crippen LogP contribution in [-0.4, -0.2) is 27.1 Å². The number of rotatable bonds is 4. The zero-order chi connectivity index (χ0) is 11.4. The van der Waals surface area contributed by atoms with Gasteiger partial charge >= 0.3 is 0 Å². The molecular formula is C10H13N5O. The van der Waals surface area contributed by atoms with Crippen molar-refractivity contribution in [3.63, 3.8) is 0 Å². The Morgan fingerprint density at radius 3 is 2.94 bits per heavy atom. The van der Waals surface area contributed by atoms with E-state index in [0.717, 1.165) is 11.4 Å². The van der Waals surface area contributed by atoms with Crippen molar-refractivity contribution in [1.82, 2.24) is 20.0 Å². The van der Waals surface area contributed by atoms with Gasteiger partial charge in [0.1, 0.15) is 0 Å². The van der Waals surface area contributed by atoms with E-state index < -0.39 is 0 Å². The monoisotopic (exact) mass is 219 g/mol. The summed E-state index contributed by atoms with van der Waals surface area (Å²) >= 11 is 0. The van der Waals surface area contributed by atoms with Crippen LogP contribution in [0.15, 0.2) is 24.4 Å². The third kappa shape index (κ3) is 2.34. The molecule has 0 fully saturated rings. The molecule has 0 saturated carbocycles. The lowest BCUT2D eigenvalue weighted by Crippen LogP contribution is -2.03. The lowest BCUT2D eigenvalue weighted by Gasteiger charge is -2.02. The van der Waals surface area contributed by atoms with Crippen LogP contribution in [0.4, 0.5) is 0 Å². The third-order valence-electron chi connectivity index (χ3n) is 2.11. The van der Waals surface area contributed by atoms with E-state index in [2.05, 4.69) is 15.3 Å². The lowest BCUT2D eigenvalue weighted by atomic mass is 10.3. The summed E-state index contributed by atoms with van der Waals surface area (Å²) in [6.07, 6.45) is 1.81. The maximum atomic E-state index is 5.45. The minimum atomic E-state index is 0.394. The predicted molar refractivity (Wildman–Crippen MR) is 57.8 cm³/mol. The molecule has 0 radical (unpaired) electrons. The minimum Gasteiger partial charge on any atom is -0.481 e. The Bertz CT molecular complexity index is 468. The predicted octanol–water partition coefficient (Wildman–Crippen LogP) is 0.189. The molecule has 0 bridgehead atoms. The lowest BCUT2D eigenvalue weighted by molar-refractivity contribution is 0.395. The zero-order valence-electron chi connectivity index (χ0n) is 9.00. The second kappa shape index (κ2) is 4.71. The Morgan fingerprint density at radius 2 is 2.25 bits per heavy atom. The number of pyridine rings is 1. The molecule has 0 amide bonds. The SMILES string of the molecule is COc1cccc(Cn2cc(CN)nn2)n1. The maximum absolute atomic E-state index is 5.45. The van der Waals surface area contributed by atoms with Crippen LogP contribution >= 0.6 is 0 Å². The molecule has 0 atom stereocenters. The molecule has 2 heterocycles. The van der Waals surface area contributed by atoms with Crippen molar-refractivity contribution in [3.8, 4) is 5.88 Å². The summed E-state index contributed by atoms with van der Waals surface area (Å²) in [7, 11) is 1.59. The second-order valence-corrected chi connectivity index (χ2v) is 3.28. The van der Waals surface area contributed by atoms with Gasteiger partial charge in [0.05, 0.1) is 31.2 Å². The standard InChI is InChI=1S/C10H13N5O/c1-16-10-4-2-3-8(12-10)6-15-7-9(5-11)13-14-15/h2-4,7H,5-6,11H2,1H3. The quantitative estimate of drug-likeness (QED) is 0.794. The third-order valence-corrected chi connectivity index (χ3v) is 2.11. The molecule has 2 N–H and O–H groups in total. The largest absolute Gasteiger partial charge is 0.481 e. The molecule has 0 saturated heterocycles. The molecule has 0 aliphatic heterocycles. The van der Waals surface area contributed by atoms with E-state index in [4.69, 9.17) is 10.5 Å². The van der Waals surface area contributed by atoms with Gasteiger partial charge in [-0.05, 0) is 6.07 Å². The first kappa shape index (κ1) is 10.6. The fourth-order valence-corrected chi connectivity index (χ4v) is 1.33. The first-order chi connectivity index (χ1) is 7.81. The van der Waals surface area contributed by atoms with Crippen LogP contribution in [-0.2, 0) is 13.1 Å². The van der Waals surface area contributed by atoms with Crippen molar-refractivity contribution in [2.75, 3.05) is 7.11 Å². The average molecular weight is 219 g/mol. The van der Waals surface area contributed by atoms with Gasteiger partial charge < -0.3 is 10.5 Å². The molecule has 2 aromatic rings. The van der Waals surface area contributed by atoms with Crippen LogP contribution in [0.5, 0.6) is 5.88 Å². The number of hydrogen-bond acceptors (Lipinski definition) is 5. The summed E-state index contributed by atoms with van der Waals surface area (Å²) in [4.78, 5) is 4.28.